The van der Waals surface area contributed by atoms with Crippen LogP contribution in [0.1, 0.15) is 0 Å². The third kappa shape index (κ3) is 6.03. The summed E-state index contributed by atoms with van der Waals surface area (Å²) in [7, 11) is -2.85. The van der Waals surface area contributed by atoms with Crippen LogP contribution < -0.4 is 20.7 Å². The molecule has 0 atom stereocenters. The molecule has 0 amide bonds. The lowest BCUT2D eigenvalue weighted by atomic mass is 10.1. The van der Waals surface area contributed by atoms with Gasteiger partial charge in [0.1, 0.15) is 11.2 Å². The standard InChI is InChI=1S/C57H38N4OSi/c1-4-22-42(23-5-1)63(43-24-6-2-7-25-43,44-26-8-3-9-27-44)45-28-17-20-40(38-45)56-58-55(59-57(60-56)50-33-18-32-49-48-31-12-15-36-53(48)62-54(49)50)39-19-16-21-41(37-39)61-51-34-13-10-29-46(51)47-30-11-14-35-52(47)61/h1-38H. The van der Waals surface area contributed by atoms with E-state index in [2.05, 4.69) is 217 Å². The zero-order valence-corrected chi connectivity index (χ0v) is 35.1. The van der Waals surface area contributed by atoms with Crippen LogP contribution in [-0.2, 0) is 0 Å². The summed E-state index contributed by atoms with van der Waals surface area (Å²) < 4.78 is 8.92. The van der Waals surface area contributed by atoms with Crippen LogP contribution in [0.4, 0.5) is 0 Å². The van der Waals surface area contributed by atoms with Gasteiger partial charge >= 0.3 is 0 Å². The molecule has 0 radical (unpaired) electrons. The zero-order chi connectivity index (χ0) is 41.7. The highest BCUT2D eigenvalue weighted by Gasteiger charge is 2.41. The molecule has 0 unspecified atom stereocenters. The molecule has 0 aliphatic carbocycles. The Morgan fingerprint density at radius 1 is 0.349 bits per heavy atom. The molecule has 0 aliphatic heterocycles. The van der Waals surface area contributed by atoms with Crippen molar-refractivity contribution >= 4 is 72.6 Å². The van der Waals surface area contributed by atoms with Crippen LogP contribution in [0.5, 0.6) is 0 Å². The molecule has 0 saturated heterocycles. The van der Waals surface area contributed by atoms with Crippen LogP contribution in [0.15, 0.2) is 235 Å². The van der Waals surface area contributed by atoms with E-state index in [-0.39, 0.29) is 0 Å². The highest BCUT2D eigenvalue weighted by atomic mass is 28.3. The molecule has 12 rings (SSSR count). The second-order valence-corrected chi connectivity index (χ2v) is 19.7. The molecular formula is C57H38N4OSi. The third-order valence-electron chi connectivity index (χ3n) is 12.4. The molecule has 12 aromatic rings. The second kappa shape index (κ2) is 15.1. The number of furan rings is 1. The molecule has 3 aromatic heterocycles. The Bertz CT molecular complexity index is 3490. The van der Waals surface area contributed by atoms with E-state index in [1.54, 1.807) is 0 Å². The van der Waals surface area contributed by atoms with Gasteiger partial charge in [0.2, 0.25) is 0 Å². The van der Waals surface area contributed by atoms with Crippen LogP contribution in [0.25, 0.3) is 83.6 Å². The van der Waals surface area contributed by atoms with Gasteiger partial charge in [-0.25, -0.2) is 15.0 Å². The Balaban J connectivity index is 1.10. The van der Waals surface area contributed by atoms with Gasteiger partial charge in [-0.1, -0.05) is 194 Å². The van der Waals surface area contributed by atoms with E-state index in [4.69, 9.17) is 19.4 Å². The number of nitrogens with zero attached hydrogens (tertiary/aromatic N) is 4. The summed E-state index contributed by atoms with van der Waals surface area (Å²) in [6.45, 7) is 0. The first kappa shape index (κ1) is 36.6. The van der Waals surface area contributed by atoms with Crippen molar-refractivity contribution in [2.24, 2.45) is 0 Å². The van der Waals surface area contributed by atoms with E-state index in [1.165, 1.54) is 31.5 Å². The van der Waals surface area contributed by atoms with Gasteiger partial charge < -0.3 is 8.98 Å². The van der Waals surface area contributed by atoms with Crippen LogP contribution in [0.3, 0.4) is 0 Å². The van der Waals surface area contributed by atoms with Gasteiger partial charge in [-0.3, -0.25) is 0 Å². The van der Waals surface area contributed by atoms with Crippen molar-refractivity contribution < 1.29 is 4.42 Å². The van der Waals surface area contributed by atoms with Gasteiger partial charge in [0.25, 0.3) is 0 Å². The van der Waals surface area contributed by atoms with Gasteiger partial charge in [0, 0.05) is 38.4 Å². The van der Waals surface area contributed by atoms with Gasteiger partial charge in [0.15, 0.2) is 25.5 Å². The number of hydrogen-bond donors (Lipinski definition) is 0. The third-order valence-corrected chi connectivity index (χ3v) is 17.2. The second-order valence-electron chi connectivity index (χ2n) is 15.9. The van der Waals surface area contributed by atoms with E-state index in [0.29, 0.717) is 17.5 Å². The Morgan fingerprint density at radius 2 is 0.810 bits per heavy atom. The number of benzene rings is 9. The number of rotatable bonds is 8. The number of hydrogen-bond acceptors (Lipinski definition) is 4. The molecule has 5 nitrogen and oxygen atoms in total. The lowest BCUT2D eigenvalue weighted by Gasteiger charge is -2.34. The fraction of sp³-hybridized carbons (Fsp3) is 0. The molecular weight excluding hydrogens is 785 g/mol. The average molecular weight is 823 g/mol. The summed E-state index contributed by atoms with van der Waals surface area (Å²) in [4.78, 5) is 16.0. The van der Waals surface area contributed by atoms with E-state index in [1.807, 2.05) is 18.2 Å². The van der Waals surface area contributed by atoms with Crippen LogP contribution in [0.2, 0.25) is 0 Å². The van der Waals surface area contributed by atoms with E-state index in [9.17, 15) is 0 Å². The lowest BCUT2D eigenvalue weighted by Crippen LogP contribution is -2.74. The van der Waals surface area contributed by atoms with Crippen molar-refractivity contribution in [3.8, 4) is 39.9 Å². The van der Waals surface area contributed by atoms with E-state index >= 15 is 0 Å². The smallest absolute Gasteiger partial charge is 0.179 e. The van der Waals surface area contributed by atoms with Crippen molar-refractivity contribution in [2.45, 2.75) is 0 Å². The summed E-state index contributed by atoms with van der Waals surface area (Å²) in [6, 6.07) is 81.9. The average Bonchev–Trinajstić information content (AvgIpc) is 3.92. The largest absolute Gasteiger partial charge is 0.455 e. The van der Waals surface area contributed by atoms with Gasteiger partial charge in [0.05, 0.1) is 16.6 Å². The molecule has 9 aromatic carbocycles. The fourth-order valence-corrected chi connectivity index (χ4v) is 14.4. The fourth-order valence-electron chi connectivity index (χ4n) is 9.62. The van der Waals surface area contributed by atoms with E-state index in [0.717, 1.165) is 55.3 Å². The molecule has 0 N–H and O–H groups in total. The van der Waals surface area contributed by atoms with Crippen molar-refractivity contribution in [1.29, 1.82) is 0 Å². The van der Waals surface area contributed by atoms with E-state index < -0.39 is 8.07 Å². The molecule has 0 saturated carbocycles. The first-order chi connectivity index (χ1) is 31.2. The summed E-state index contributed by atoms with van der Waals surface area (Å²) in [6.07, 6.45) is 0. The Labute approximate surface area is 365 Å². The predicted molar refractivity (Wildman–Crippen MR) is 261 cm³/mol. The topological polar surface area (TPSA) is 56.7 Å². The SMILES string of the molecule is c1ccc([Si](c2ccccc2)(c2ccccc2)c2cccc(-c3nc(-c4cccc(-n5c6ccccc6c6ccccc65)c4)nc(-c4cccc5c4oc4ccccc45)n3)c2)cc1. The van der Waals surface area contributed by atoms with Crippen molar-refractivity contribution in [1.82, 2.24) is 19.5 Å². The Hall–Kier alpha value is -8.19. The molecule has 0 aliphatic rings. The maximum Gasteiger partial charge on any atom is 0.179 e. The predicted octanol–water partition coefficient (Wildman–Crippen LogP) is 11.2. The van der Waals surface area contributed by atoms with Crippen LogP contribution >= 0.6 is 0 Å². The highest BCUT2D eigenvalue weighted by molar-refractivity contribution is 7.19. The monoisotopic (exact) mass is 822 g/mol. The first-order valence-corrected chi connectivity index (χ1v) is 23.3. The maximum atomic E-state index is 6.59. The zero-order valence-electron chi connectivity index (χ0n) is 34.1. The lowest BCUT2D eigenvalue weighted by molar-refractivity contribution is 0.669. The van der Waals surface area contributed by atoms with Crippen molar-refractivity contribution in [3.05, 3.63) is 231 Å². The molecule has 0 bridgehead atoms. The van der Waals surface area contributed by atoms with Crippen LogP contribution in [0, 0.1) is 0 Å². The number of aromatic nitrogens is 4. The highest BCUT2D eigenvalue weighted by Crippen LogP contribution is 2.37. The summed E-state index contributed by atoms with van der Waals surface area (Å²) in [5.41, 5.74) is 7.49. The molecule has 6 heteroatoms. The molecule has 296 valence electrons. The minimum atomic E-state index is -2.85. The summed E-state index contributed by atoms with van der Waals surface area (Å²) >= 11 is 0. The number of para-hydroxylation sites is 4. The normalized spacial score (nSPS) is 11.8. The molecule has 0 fully saturated rings. The van der Waals surface area contributed by atoms with Gasteiger partial charge in [-0.15, -0.1) is 0 Å². The molecule has 3 heterocycles. The summed E-state index contributed by atoms with van der Waals surface area (Å²) in [5.74, 6) is 1.71. The van der Waals surface area contributed by atoms with Gasteiger partial charge in [-0.05, 0) is 57.1 Å². The molecule has 0 spiro atoms. The van der Waals surface area contributed by atoms with Crippen LogP contribution in [-0.4, -0.2) is 27.6 Å². The Kier molecular flexibility index (Phi) is 8.76. The summed E-state index contributed by atoms with van der Waals surface area (Å²) in [5, 5.41) is 9.64. The minimum absolute atomic E-state index is 0.546. The minimum Gasteiger partial charge on any atom is -0.455 e. The quantitative estimate of drug-likeness (QED) is 0.113. The Morgan fingerprint density at radius 3 is 1.43 bits per heavy atom. The first-order valence-electron chi connectivity index (χ1n) is 21.3. The maximum absolute atomic E-state index is 6.59. The number of fused-ring (bicyclic) bond motifs is 6. The van der Waals surface area contributed by atoms with Gasteiger partial charge in [-0.2, -0.15) is 0 Å². The van der Waals surface area contributed by atoms with Crippen molar-refractivity contribution in [2.75, 3.05) is 0 Å². The van der Waals surface area contributed by atoms with Crippen molar-refractivity contribution in [3.63, 3.8) is 0 Å². The molecule has 63 heavy (non-hydrogen) atoms.